The largest absolute Gasteiger partial charge is 0.380 e. The van der Waals surface area contributed by atoms with Crippen LogP contribution in [0.5, 0.6) is 0 Å². The van der Waals surface area contributed by atoms with Gasteiger partial charge in [0.25, 0.3) is 0 Å². The average molecular weight is 252 g/mol. The van der Waals surface area contributed by atoms with E-state index in [0.29, 0.717) is 25.7 Å². The molecule has 4 heteroatoms. The molecule has 0 aromatic carbocycles. The van der Waals surface area contributed by atoms with Crippen LogP contribution in [0, 0.1) is 5.92 Å². The number of hydrogen-bond acceptors (Lipinski definition) is 2. The first-order valence-electron chi connectivity index (χ1n) is 4.59. The quantitative estimate of drug-likeness (QED) is 0.575. The third kappa shape index (κ3) is 6.05. The van der Waals surface area contributed by atoms with Gasteiger partial charge >= 0.3 is 0 Å². The van der Waals surface area contributed by atoms with E-state index in [-0.39, 0.29) is 10.7 Å². The number of halogens is 1. The SMILES string of the molecule is CCOCCNC(=O)C(Br)C(C)C. The van der Waals surface area contributed by atoms with Crippen LogP contribution in [0.25, 0.3) is 0 Å². The van der Waals surface area contributed by atoms with E-state index in [4.69, 9.17) is 4.74 Å². The number of carbonyl (C=O) groups excluding carboxylic acids is 1. The highest BCUT2D eigenvalue weighted by Crippen LogP contribution is 2.11. The zero-order valence-corrected chi connectivity index (χ0v) is 10.1. The van der Waals surface area contributed by atoms with Crippen LogP contribution >= 0.6 is 15.9 Å². The molecule has 1 unspecified atom stereocenters. The van der Waals surface area contributed by atoms with Crippen molar-refractivity contribution in [1.82, 2.24) is 5.32 Å². The number of carbonyl (C=O) groups is 1. The van der Waals surface area contributed by atoms with Crippen molar-refractivity contribution in [1.29, 1.82) is 0 Å². The first-order chi connectivity index (χ1) is 6.09. The molecule has 1 atom stereocenters. The lowest BCUT2D eigenvalue weighted by molar-refractivity contribution is -0.121. The van der Waals surface area contributed by atoms with Gasteiger partial charge in [0, 0.05) is 13.2 Å². The molecule has 0 spiro atoms. The van der Waals surface area contributed by atoms with Crippen LogP contribution in [-0.4, -0.2) is 30.5 Å². The summed E-state index contributed by atoms with van der Waals surface area (Å²) in [7, 11) is 0. The molecular weight excluding hydrogens is 234 g/mol. The number of hydrogen-bond donors (Lipinski definition) is 1. The van der Waals surface area contributed by atoms with Gasteiger partial charge in [-0.05, 0) is 12.8 Å². The van der Waals surface area contributed by atoms with Gasteiger partial charge in [0.15, 0.2) is 0 Å². The Labute approximate surface area is 88.4 Å². The summed E-state index contributed by atoms with van der Waals surface area (Å²) in [5, 5.41) is 2.79. The Balaban J connectivity index is 3.50. The van der Waals surface area contributed by atoms with Gasteiger partial charge in [0.05, 0.1) is 11.4 Å². The van der Waals surface area contributed by atoms with E-state index in [2.05, 4.69) is 21.2 Å². The predicted octanol–water partition coefficient (Wildman–Crippen LogP) is 1.56. The first-order valence-corrected chi connectivity index (χ1v) is 5.50. The van der Waals surface area contributed by atoms with Crippen molar-refractivity contribution in [3.05, 3.63) is 0 Å². The van der Waals surface area contributed by atoms with Crippen molar-refractivity contribution in [2.45, 2.75) is 25.6 Å². The van der Waals surface area contributed by atoms with Gasteiger partial charge in [-0.25, -0.2) is 0 Å². The molecule has 0 aromatic heterocycles. The van der Waals surface area contributed by atoms with Gasteiger partial charge in [-0.2, -0.15) is 0 Å². The number of rotatable bonds is 6. The Morgan fingerprint density at radius 2 is 2.15 bits per heavy atom. The summed E-state index contributed by atoms with van der Waals surface area (Å²) in [6.07, 6.45) is 0. The zero-order valence-electron chi connectivity index (χ0n) is 8.47. The topological polar surface area (TPSA) is 38.3 Å². The van der Waals surface area contributed by atoms with E-state index in [9.17, 15) is 4.79 Å². The molecule has 0 radical (unpaired) electrons. The molecule has 1 amide bonds. The fourth-order valence-electron chi connectivity index (χ4n) is 0.791. The van der Waals surface area contributed by atoms with Crippen LogP contribution in [0.15, 0.2) is 0 Å². The minimum atomic E-state index is -0.103. The van der Waals surface area contributed by atoms with Gasteiger partial charge in [0.2, 0.25) is 5.91 Å². The smallest absolute Gasteiger partial charge is 0.234 e. The summed E-state index contributed by atoms with van der Waals surface area (Å²) in [6.45, 7) is 7.80. The summed E-state index contributed by atoms with van der Waals surface area (Å²) in [4.78, 5) is 11.2. The third-order valence-corrected chi connectivity index (χ3v) is 3.06. The Bertz CT molecular complexity index is 151. The molecule has 0 aromatic rings. The molecule has 0 saturated carbocycles. The average Bonchev–Trinajstić information content (AvgIpc) is 2.10. The number of ether oxygens (including phenoxy) is 1. The van der Waals surface area contributed by atoms with Gasteiger partial charge in [0.1, 0.15) is 0 Å². The third-order valence-electron chi connectivity index (χ3n) is 1.59. The fraction of sp³-hybridized carbons (Fsp3) is 0.889. The maximum atomic E-state index is 11.3. The summed E-state index contributed by atoms with van der Waals surface area (Å²) < 4.78 is 5.09. The molecule has 0 aliphatic rings. The van der Waals surface area contributed by atoms with Gasteiger partial charge < -0.3 is 10.1 Å². The van der Waals surface area contributed by atoms with Gasteiger partial charge in [-0.3, -0.25) is 4.79 Å². The molecule has 0 aliphatic carbocycles. The molecule has 78 valence electrons. The van der Waals surface area contributed by atoms with Crippen molar-refractivity contribution >= 4 is 21.8 Å². The first kappa shape index (κ1) is 12.9. The van der Waals surface area contributed by atoms with Crippen LogP contribution in [-0.2, 0) is 9.53 Å². The summed E-state index contributed by atoms with van der Waals surface area (Å²) in [5.41, 5.74) is 0. The van der Waals surface area contributed by atoms with Crippen LogP contribution < -0.4 is 5.32 Å². The van der Waals surface area contributed by atoms with Crippen LogP contribution in [0.3, 0.4) is 0 Å². The lowest BCUT2D eigenvalue weighted by Gasteiger charge is -2.13. The van der Waals surface area contributed by atoms with E-state index in [0.717, 1.165) is 0 Å². The van der Waals surface area contributed by atoms with E-state index >= 15 is 0 Å². The lowest BCUT2D eigenvalue weighted by Crippen LogP contribution is -2.35. The maximum absolute atomic E-state index is 11.3. The molecule has 0 rings (SSSR count). The standard InChI is InChI=1S/C9H18BrNO2/c1-4-13-6-5-11-9(12)8(10)7(2)3/h7-8H,4-6H2,1-3H3,(H,11,12). The highest BCUT2D eigenvalue weighted by Gasteiger charge is 2.17. The minimum absolute atomic E-state index is 0.0368. The molecule has 1 N–H and O–H groups in total. The highest BCUT2D eigenvalue weighted by molar-refractivity contribution is 9.10. The molecule has 0 fully saturated rings. The van der Waals surface area contributed by atoms with Crippen LogP contribution in [0.4, 0.5) is 0 Å². The van der Waals surface area contributed by atoms with Crippen LogP contribution in [0.1, 0.15) is 20.8 Å². The minimum Gasteiger partial charge on any atom is -0.380 e. The number of alkyl halides is 1. The Kier molecular flexibility index (Phi) is 7.28. The number of nitrogens with one attached hydrogen (secondary N) is 1. The summed E-state index contributed by atoms with van der Waals surface area (Å²) in [6, 6.07) is 0. The van der Waals surface area contributed by atoms with Gasteiger partial charge in [-0.1, -0.05) is 29.8 Å². The van der Waals surface area contributed by atoms with E-state index in [1.165, 1.54) is 0 Å². The molecule has 0 aliphatic heterocycles. The van der Waals surface area contributed by atoms with Crippen molar-refractivity contribution < 1.29 is 9.53 Å². The van der Waals surface area contributed by atoms with Crippen molar-refractivity contribution in [2.24, 2.45) is 5.92 Å². The second-order valence-corrected chi connectivity index (χ2v) is 4.12. The maximum Gasteiger partial charge on any atom is 0.234 e. The molecular formula is C9H18BrNO2. The molecule has 3 nitrogen and oxygen atoms in total. The fourth-order valence-corrected chi connectivity index (χ4v) is 0.953. The Morgan fingerprint density at radius 1 is 1.54 bits per heavy atom. The molecule has 13 heavy (non-hydrogen) atoms. The lowest BCUT2D eigenvalue weighted by atomic mass is 10.1. The molecule has 0 bridgehead atoms. The molecule has 0 heterocycles. The van der Waals surface area contributed by atoms with E-state index in [1.807, 2.05) is 20.8 Å². The van der Waals surface area contributed by atoms with E-state index < -0.39 is 0 Å². The van der Waals surface area contributed by atoms with Crippen molar-refractivity contribution in [3.8, 4) is 0 Å². The van der Waals surface area contributed by atoms with E-state index in [1.54, 1.807) is 0 Å². The van der Waals surface area contributed by atoms with Crippen LogP contribution in [0.2, 0.25) is 0 Å². The van der Waals surface area contributed by atoms with Crippen molar-refractivity contribution in [2.75, 3.05) is 19.8 Å². The highest BCUT2D eigenvalue weighted by atomic mass is 79.9. The van der Waals surface area contributed by atoms with Crippen molar-refractivity contribution in [3.63, 3.8) is 0 Å². The van der Waals surface area contributed by atoms with Gasteiger partial charge in [-0.15, -0.1) is 0 Å². The Morgan fingerprint density at radius 3 is 2.62 bits per heavy atom. The normalized spacial score (nSPS) is 13.0. The zero-order chi connectivity index (χ0) is 10.3. The molecule has 0 saturated heterocycles. The summed E-state index contributed by atoms with van der Waals surface area (Å²) in [5.74, 6) is 0.349. The second-order valence-electron chi connectivity index (χ2n) is 3.13. The Hall–Kier alpha value is -0.0900. The predicted molar refractivity (Wildman–Crippen MR) is 57.1 cm³/mol. The second kappa shape index (κ2) is 7.33. The number of amides is 1. The summed E-state index contributed by atoms with van der Waals surface area (Å²) >= 11 is 3.32. The monoisotopic (exact) mass is 251 g/mol.